The Morgan fingerprint density at radius 3 is 0.558 bits per heavy atom. The number of hydrogen-bond acceptors (Lipinski definition) is 12. The monoisotopic (exact) mass is 947 g/mol. The van der Waals surface area contributed by atoms with E-state index in [1.165, 1.54) is 135 Å². The van der Waals surface area contributed by atoms with Crippen LogP contribution in [0.3, 0.4) is 0 Å². The van der Waals surface area contributed by atoms with Crippen molar-refractivity contribution in [1.82, 2.24) is 0 Å². The van der Waals surface area contributed by atoms with Crippen LogP contribution in [-0.2, 0) is 43.7 Å². The molecule has 0 bridgehead atoms. The zero-order chi connectivity index (χ0) is 39.0. The summed E-state index contributed by atoms with van der Waals surface area (Å²) >= 11 is 0. The van der Waals surface area contributed by atoms with Crippen LogP contribution in [0.4, 0.5) is 0 Å². The van der Waals surface area contributed by atoms with Crippen molar-refractivity contribution >= 4 is 31.2 Å². The largest absolute Gasteiger partial charge is 3.00 e. The summed E-state index contributed by atoms with van der Waals surface area (Å²) in [6.07, 6.45) is 35.1. The van der Waals surface area contributed by atoms with E-state index in [9.17, 15) is 38.9 Å². The van der Waals surface area contributed by atoms with Crippen molar-refractivity contribution in [3.63, 3.8) is 0 Å². The number of unbranched alkanes of at least 4 members (excludes halogenated alkanes) is 27. The quantitative estimate of drug-likeness (QED) is 0.0328. The molecule has 0 rings (SSSR count). The molecule has 52 heavy (non-hydrogen) atoms. The predicted molar refractivity (Wildman–Crippen MR) is 202 cm³/mol. The first-order chi connectivity index (χ1) is 24.2. The molecule has 1 radical (unpaired) electrons. The van der Waals surface area contributed by atoms with Crippen LogP contribution in [0.15, 0.2) is 0 Å². The van der Waals surface area contributed by atoms with Gasteiger partial charge in [-0.25, -0.2) is 25.3 Å². The van der Waals surface area contributed by atoms with Gasteiger partial charge in [0.05, 0.1) is 19.8 Å². The third kappa shape index (κ3) is 68.9. The Bertz CT molecular complexity index is 883. The van der Waals surface area contributed by atoms with E-state index in [2.05, 4.69) is 33.3 Å². The summed E-state index contributed by atoms with van der Waals surface area (Å²) in [4.78, 5) is 0. The van der Waals surface area contributed by atoms with Gasteiger partial charge in [0.1, 0.15) is 0 Å². The molecule has 0 aromatic carbocycles. The van der Waals surface area contributed by atoms with E-state index >= 15 is 0 Å². The smallest absolute Gasteiger partial charge is 0.726 e. The second-order valence-electron chi connectivity index (χ2n) is 13.2. The SMILES string of the molecule is CCCCCCCCCCCCOS(=O)(=O)[O-].CCCCCCCCCCCCOS(=O)(=O)[O-].CCCCCCCCCCCCOS(=O)(=O)[O-].[Sm+3]. The van der Waals surface area contributed by atoms with Crippen LogP contribution < -0.4 is 0 Å². The van der Waals surface area contributed by atoms with Gasteiger partial charge in [0, 0.05) is 0 Å². The molecule has 0 heterocycles. The Labute approximate surface area is 353 Å². The minimum Gasteiger partial charge on any atom is -0.726 e. The second kappa shape index (κ2) is 44.7. The van der Waals surface area contributed by atoms with Gasteiger partial charge in [0.25, 0.3) is 0 Å². The van der Waals surface area contributed by atoms with Crippen LogP contribution in [0, 0.1) is 40.4 Å². The fourth-order valence-corrected chi connectivity index (χ4v) is 6.22. The molecule has 315 valence electrons. The molecule has 0 fully saturated rings. The van der Waals surface area contributed by atoms with Crippen LogP contribution in [0.2, 0.25) is 0 Å². The van der Waals surface area contributed by atoms with E-state index in [0.717, 1.165) is 38.5 Å². The average molecular weight is 947 g/mol. The Morgan fingerprint density at radius 2 is 0.423 bits per heavy atom. The minimum atomic E-state index is -4.48. The zero-order valence-electron chi connectivity index (χ0n) is 32.9. The van der Waals surface area contributed by atoms with Crippen LogP contribution in [0.25, 0.3) is 0 Å². The first kappa shape index (κ1) is 59.6. The van der Waals surface area contributed by atoms with Gasteiger partial charge in [-0.05, 0) is 19.3 Å². The standard InChI is InChI=1S/3C12H26O4S.Sm/c3*1-2-3-4-5-6-7-8-9-10-11-12-16-17(13,14)15;/h3*2-12H2,1H3,(H,13,14,15);/q;;;+3/p-3. The zero-order valence-corrected chi connectivity index (χ0v) is 37.9. The minimum absolute atomic E-state index is 0. The molecule has 16 heteroatoms. The summed E-state index contributed by atoms with van der Waals surface area (Å²) in [7, 11) is -13.5. The molecule has 0 aromatic rings. The molecule has 0 spiro atoms. The van der Waals surface area contributed by atoms with Gasteiger partial charge in [-0.15, -0.1) is 0 Å². The Morgan fingerprint density at radius 1 is 0.288 bits per heavy atom. The van der Waals surface area contributed by atoms with E-state index in [1.54, 1.807) is 0 Å². The Balaban J connectivity index is -0.000000329. The third-order valence-electron chi connectivity index (χ3n) is 8.18. The molecule has 0 saturated carbocycles. The summed E-state index contributed by atoms with van der Waals surface area (Å²) in [6, 6.07) is 0. The molecule has 0 aliphatic carbocycles. The molecule has 0 atom stereocenters. The van der Waals surface area contributed by atoms with E-state index in [4.69, 9.17) is 0 Å². The number of hydrogen-bond donors (Lipinski definition) is 0. The Hall–Kier alpha value is 0.948. The van der Waals surface area contributed by atoms with E-state index in [0.29, 0.717) is 19.3 Å². The van der Waals surface area contributed by atoms with Gasteiger partial charge in [0.2, 0.25) is 31.2 Å². The molecular formula is C36H75O12S3Sm. The van der Waals surface area contributed by atoms with Crippen molar-refractivity contribution in [2.24, 2.45) is 0 Å². The van der Waals surface area contributed by atoms with Crippen LogP contribution in [-0.4, -0.2) is 58.7 Å². The maximum atomic E-state index is 10.1. The van der Waals surface area contributed by atoms with Gasteiger partial charge in [-0.3, -0.25) is 12.5 Å². The molecule has 0 aliphatic rings. The predicted octanol–water partition coefficient (Wildman–Crippen LogP) is 10.2. The molecular weight excluding hydrogens is 871 g/mol. The van der Waals surface area contributed by atoms with Crippen molar-refractivity contribution in [2.45, 2.75) is 213 Å². The van der Waals surface area contributed by atoms with Crippen LogP contribution >= 0.6 is 0 Å². The van der Waals surface area contributed by atoms with Crippen molar-refractivity contribution in [2.75, 3.05) is 19.8 Å². The molecule has 0 amide bonds. The van der Waals surface area contributed by atoms with Gasteiger partial charge in [-0.2, -0.15) is 0 Å². The summed E-state index contributed by atoms with van der Waals surface area (Å²) < 4.78 is 103. The first-order valence-electron chi connectivity index (χ1n) is 20.0. The maximum Gasteiger partial charge on any atom is 3.00 e. The molecule has 0 saturated heterocycles. The average Bonchev–Trinajstić information content (AvgIpc) is 3.04. The van der Waals surface area contributed by atoms with Gasteiger partial charge in [0.15, 0.2) is 0 Å². The molecule has 12 nitrogen and oxygen atoms in total. The summed E-state index contributed by atoms with van der Waals surface area (Å²) in [6.45, 7) is 6.73. The fraction of sp³-hybridized carbons (Fsp3) is 1.00. The fourth-order valence-electron chi connectivity index (χ4n) is 5.25. The topological polar surface area (TPSA) is 199 Å². The van der Waals surface area contributed by atoms with Crippen molar-refractivity contribution < 1.29 is 91.8 Å². The van der Waals surface area contributed by atoms with E-state index < -0.39 is 31.2 Å². The van der Waals surface area contributed by atoms with E-state index in [-0.39, 0.29) is 60.2 Å². The van der Waals surface area contributed by atoms with Gasteiger partial charge in [-0.1, -0.05) is 194 Å². The second-order valence-corrected chi connectivity index (χ2v) is 16.4. The summed E-state index contributed by atoms with van der Waals surface area (Å²) in [5.74, 6) is 0. The molecule has 0 unspecified atom stereocenters. The Kier molecular flexibility index (Phi) is 51.2. The van der Waals surface area contributed by atoms with Gasteiger partial charge >= 0.3 is 40.4 Å². The van der Waals surface area contributed by atoms with Crippen LogP contribution in [0.1, 0.15) is 213 Å². The first-order valence-corrected chi connectivity index (χ1v) is 24.0. The van der Waals surface area contributed by atoms with Crippen molar-refractivity contribution in [3.05, 3.63) is 0 Å². The summed E-state index contributed by atoms with van der Waals surface area (Å²) in [5.41, 5.74) is 0. The van der Waals surface area contributed by atoms with Gasteiger partial charge < -0.3 is 13.7 Å². The molecule has 0 aliphatic heterocycles. The molecule has 0 N–H and O–H groups in total. The third-order valence-corrected chi connectivity index (χ3v) is 9.54. The number of rotatable bonds is 36. The summed E-state index contributed by atoms with van der Waals surface area (Å²) in [5, 5.41) is 0. The molecule has 0 aromatic heterocycles. The van der Waals surface area contributed by atoms with Crippen molar-refractivity contribution in [1.29, 1.82) is 0 Å². The normalized spacial score (nSPS) is 11.7. The maximum absolute atomic E-state index is 10.1. The van der Waals surface area contributed by atoms with E-state index in [1.807, 2.05) is 0 Å². The van der Waals surface area contributed by atoms with Crippen molar-refractivity contribution in [3.8, 4) is 0 Å². The van der Waals surface area contributed by atoms with Crippen LogP contribution in [0.5, 0.6) is 0 Å².